The molecule has 0 radical (unpaired) electrons. The summed E-state index contributed by atoms with van der Waals surface area (Å²) in [5.74, 6) is 0. The van der Waals surface area contributed by atoms with Crippen LogP contribution in [0.1, 0.15) is 17.8 Å². The van der Waals surface area contributed by atoms with Crippen molar-refractivity contribution in [2.45, 2.75) is 25.7 Å². The van der Waals surface area contributed by atoms with Crippen LogP contribution in [0.15, 0.2) is 18.2 Å². The van der Waals surface area contributed by atoms with Gasteiger partial charge in [-0.2, -0.15) is 0 Å². The van der Waals surface area contributed by atoms with Gasteiger partial charge in [0.1, 0.15) is 0 Å². The molecule has 1 amide bonds. The minimum Gasteiger partial charge on any atom is -0.465 e. The molecule has 1 unspecified atom stereocenters. The van der Waals surface area contributed by atoms with Gasteiger partial charge in [-0.3, -0.25) is 4.98 Å². The van der Waals surface area contributed by atoms with Crippen molar-refractivity contribution in [3.05, 3.63) is 29.6 Å². The molecule has 1 atom stereocenters. The van der Waals surface area contributed by atoms with Crippen molar-refractivity contribution in [2.75, 3.05) is 13.2 Å². The summed E-state index contributed by atoms with van der Waals surface area (Å²) in [6, 6.07) is 5.48. The molecule has 1 aliphatic rings. The van der Waals surface area contributed by atoms with E-state index in [-0.39, 0.29) is 12.6 Å². The van der Waals surface area contributed by atoms with E-state index in [9.17, 15) is 4.79 Å². The van der Waals surface area contributed by atoms with Gasteiger partial charge < -0.3 is 19.9 Å². The van der Waals surface area contributed by atoms with E-state index in [1.54, 1.807) is 6.07 Å². The molecule has 1 aromatic heterocycles. The summed E-state index contributed by atoms with van der Waals surface area (Å²) in [7, 11) is 0. The maximum Gasteiger partial charge on any atom is 0.404 e. The molecule has 0 aromatic carbocycles. The molecule has 2 N–H and O–H groups in total. The lowest BCUT2D eigenvalue weighted by Gasteiger charge is -2.10. The van der Waals surface area contributed by atoms with E-state index in [1.165, 1.54) is 0 Å². The van der Waals surface area contributed by atoms with Gasteiger partial charge in [0.15, 0.2) is 0 Å². The molecule has 0 bridgehead atoms. The molecular formula is C12H16N2O4. The number of hydrogen-bond donors (Lipinski definition) is 2. The Labute approximate surface area is 105 Å². The van der Waals surface area contributed by atoms with Gasteiger partial charge in [-0.15, -0.1) is 0 Å². The Morgan fingerprint density at radius 1 is 1.56 bits per heavy atom. The van der Waals surface area contributed by atoms with Gasteiger partial charge in [0, 0.05) is 6.61 Å². The number of pyridine rings is 1. The number of rotatable bonds is 5. The number of nitrogens with zero attached hydrogens (tertiary/aromatic N) is 1. The van der Waals surface area contributed by atoms with Crippen molar-refractivity contribution < 1.29 is 19.4 Å². The van der Waals surface area contributed by atoms with Crippen LogP contribution in [0.25, 0.3) is 0 Å². The molecule has 0 spiro atoms. The second-order valence-corrected chi connectivity index (χ2v) is 4.08. The molecule has 98 valence electrons. The van der Waals surface area contributed by atoms with Crippen LogP contribution in [0.4, 0.5) is 4.79 Å². The van der Waals surface area contributed by atoms with Crippen molar-refractivity contribution in [2.24, 2.45) is 0 Å². The molecule has 1 saturated heterocycles. The lowest BCUT2D eigenvalue weighted by atomic mass is 10.3. The maximum absolute atomic E-state index is 10.4. The zero-order valence-electron chi connectivity index (χ0n) is 9.96. The monoisotopic (exact) mass is 252 g/mol. The summed E-state index contributed by atoms with van der Waals surface area (Å²) in [6.45, 7) is 2.02. The Balaban J connectivity index is 1.84. The number of nitrogens with one attached hydrogen (secondary N) is 1. The summed E-state index contributed by atoms with van der Waals surface area (Å²) < 4.78 is 10.9. The van der Waals surface area contributed by atoms with Gasteiger partial charge >= 0.3 is 6.09 Å². The van der Waals surface area contributed by atoms with E-state index in [0.717, 1.165) is 18.7 Å². The first-order valence-electron chi connectivity index (χ1n) is 5.85. The molecule has 18 heavy (non-hydrogen) atoms. The lowest BCUT2D eigenvalue weighted by Crippen LogP contribution is -2.21. The number of amides is 1. The number of carbonyl (C=O) groups is 1. The highest BCUT2D eigenvalue weighted by Gasteiger charge is 2.16. The highest BCUT2D eigenvalue weighted by Crippen LogP contribution is 2.10. The minimum absolute atomic E-state index is 0.146. The van der Waals surface area contributed by atoms with E-state index in [1.807, 2.05) is 12.1 Å². The first kappa shape index (κ1) is 12.8. The predicted molar refractivity (Wildman–Crippen MR) is 63.1 cm³/mol. The lowest BCUT2D eigenvalue weighted by molar-refractivity contribution is 0.0301. The maximum atomic E-state index is 10.4. The molecule has 2 rings (SSSR count). The van der Waals surface area contributed by atoms with Crippen LogP contribution >= 0.6 is 0 Å². The Morgan fingerprint density at radius 3 is 3.11 bits per heavy atom. The number of aromatic nitrogens is 1. The van der Waals surface area contributed by atoms with Crippen molar-refractivity contribution in [3.8, 4) is 0 Å². The standard InChI is InChI=1S/C12H16N2O4/c15-12(16)13-6-9-2-1-3-10(14-9)7-18-11-4-5-17-8-11/h1-3,11,13H,4-8H2,(H,15,16). The average Bonchev–Trinajstić information content (AvgIpc) is 2.87. The Hall–Kier alpha value is -1.66. The van der Waals surface area contributed by atoms with Crippen LogP contribution in [0.2, 0.25) is 0 Å². The zero-order valence-corrected chi connectivity index (χ0v) is 9.96. The van der Waals surface area contributed by atoms with Crippen LogP contribution in [0.5, 0.6) is 0 Å². The summed E-state index contributed by atoms with van der Waals surface area (Å²) in [6.07, 6.45) is 0.00874. The Kier molecular flexibility index (Phi) is 4.49. The van der Waals surface area contributed by atoms with Crippen LogP contribution in [0.3, 0.4) is 0 Å². The SMILES string of the molecule is O=C(O)NCc1cccc(COC2CCOC2)n1. The summed E-state index contributed by atoms with van der Waals surface area (Å²) in [4.78, 5) is 14.7. The van der Waals surface area contributed by atoms with Crippen molar-refractivity contribution in [3.63, 3.8) is 0 Å². The number of carboxylic acid groups (broad SMARTS) is 1. The van der Waals surface area contributed by atoms with Crippen molar-refractivity contribution in [1.29, 1.82) is 0 Å². The summed E-state index contributed by atoms with van der Waals surface area (Å²) >= 11 is 0. The van der Waals surface area contributed by atoms with Gasteiger partial charge in [0.2, 0.25) is 0 Å². The third kappa shape index (κ3) is 3.97. The number of hydrogen-bond acceptors (Lipinski definition) is 4. The van der Waals surface area contributed by atoms with E-state index < -0.39 is 6.09 Å². The van der Waals surface area contributed by atoms with Crippen molar-refractivity contribution in [1.82, 2.24) is 10.3 Å². The number of ether oxygens (including phenoxy) is 2. The Morgan fingerprint density at radius 2 is 2.39 bits per heavy atom. The third-order valence-electron chi connectivity index (χ3n) is 2.64. The molecule has 2 heterocycles. The fourth-order valence-corrected chi connectivity index (χ4v) is 1.72. The molecule has 0 saturated carbocycles. The molecule has 1 aromatic rings. The van der Waals surface area contributed by atoms with Gasteiger partial charge in [-0.25, -0.2) is 4.79 Å². The van der Waals surface area contributed by atoms with Gasteiger partial charge in [0.25, 0.3) is 0 Å². The first-order chi connectivity index (χ1) is 8.74. The molecule has 1 fully saturated rings. The highest BCUT2D eigenvalue weighted by molar-refractivity contribution is 5.64. The van der Waals surface area contributed by atoms with Gasteiger partial charge in [-0.05, 0) is 18.6 Å². The topological polar surface area (TPSA) is 80.7 Å². The smallest absolute Gasteiger partial charge is 0.404 e. The minimum atomic E-state index is -1.05. The second kappa shape index (κ2) is 6.32. The van der Waals surface area contributed by atoms with Gasteiger partial charge in [-0.1, -0.05) is 6.07 Å². The van der Waals surface area contributed by atoms with E-state index in [4.69, 9.17) is 14.6 Å². The average molecular weight is 252 g/mol. The first-order valence-corrected chi connectivity index (χ1v) is 5.85. The van der Waals surface area contributed by atoms with Crippen LogP contribution in [-0.4, -0.2) is 35.5 Å². The molecule has 6 nitrogen and oxygen atoms in total. The fraction of sp³-hybridized carbons (Fsp3) is 0.500. The molecule has 0 aliphatic carbocycles. The van der Waals surface area contributed by atoms with Crippen LogP contribution < -0.4 is 5.32 Å². The Bertz CT molecular complexity index is 405. The zero-order chi connectivity index (χ0) is 12.8. The van der Waals surface area contributed by atoms with Crippen LogP contribution in [0, 0.1) is 0 Å². The summed E-state index contributed by atoms with van der Waals surface area (Å²) in [5.41, 5.74) is 1.48. The molecule has 1 aliphatic heterocycles. The second-order valence-electron chi connectivity index (χ2n) is 4.08. The fourth-order valence-electron chi connectivity index (χ4n) is 1.72. The highest BCUT2D eigenvalue weighted by atomic mass is 16.5. The van der Waals surface area contributed by atoms with Crippen molar-refractivity contribution >= 4 is 6.09 Å². The van der Waals surface area contributed by atoms with E-state index in [2.05, 4.69) is 10.3 Å². The third-order valence-corrected chi connectivity index (χ3v) is 2.64. The van der Waals surface area contributed by atoms with Crippen LogP contribution in [-0.2, 0) is 22.6 Å². The summed E-state index contributed by atoms with van der Waals surface area (Å²) in [5, 5.41) is 10.8. The largest absolute Gasteiger partial charge is 0.465 e. The van der Waals surface area contributed by atoms with Gasteiger partial charge in [0.05, 0.1) is 37.3 Å². The van der Waals surface area contributed by atoms with E-state index in [0.29, 0.717) is 18.9 Å². The van der Waals surface area contributed by atoms with E-state index >= 15 is 0 Å². The molecular weight excluding hydrogens is 236 g/mol. The predicted octanol–water partition coefficient (Wildman–Crippen LogP) is 1.15. The quantitative estimate of drug-likeness (QED) is 0.821. The molecule has 6 heteroatoms. The normalized spacial score (nSPS) is 18.8.